The average Bonchev–Trinajstić information content (AvgIpc) is 3.95. The summed E-state index contributed by atoms with van der Waals surface area (Å²) in [5, 5.41) is 9.30. The Morgan fingerprint density at radius 2 is 1.11 bits per heavy atom. The molecule has 0 bridgehead atoms. The van der Waals surface area contributed by atoms with E-state index in [-0.39, 0.29) is 0 Å². The second-order valence-electron chi connectivity index (χ2n) is 14.3. The lowest BCUT2D eigenvalue weighted by atomic mass is 9.99. The molecular weight excluding hydrogens is 673 g/mol. The van der Waals surface area contributed by atoms with Crippen LogP contribution in [-0.2, 0) is 0 Å². The topological polar surface area (TPSA) is 44.1 Å². The summed E-state index contributed by atoms with van der Waals surface area (Å²) in [4.78, 5) is 5.19. The summed E-state index contributed by atoms with van der Waals surface area (Å²) in [7, 11) is 0. The summed E-state index contributed by atoms with van der Waals surface area (Å²) in [6.45, 7) is 0. The molecular formula is C51H30N2O2. The third-order valence-electron chi connectivity index (χ3n) is 11.2. The van der Waals surface area contributed by atoms with Gasteiger partial charge in [-0.1, -0.05) is 127 Å². The van der Waals surface area contributed by atoms with Crippen molar-refractivity contribution in [2.45, 2.75) is 0 Å². The number of para-hydroxylation sites is 2. The maximum Gasteiger partial charge on any atom is 0.227 e. The Balaban J connectivity index is 1.00. The van der Waals surface area contributed by atoms with E-state index in [0.717, 1.165) is 66.5 Å². The zero-order valence-electron chi connectivity index (χ0n) is 29.5. The minimum Gasteiger partial charge on any atom is -0.456 e. The molecule has 0 spiro atoms. The molecule has 3 aromatic heterocycles. The van der Waals surface area contributed by atoms with Crippen LogP contribution in [0.2, 0.25) is 0 Å². The summed E-state index contributed by atoms with van der Waals surface area (Å²) in [6, 6.07) is 64.4. The minimum absolute atomic E-state index is 0.578. The maximum atomic E-state index is 6.75. The smallest absolute Gasteiger partial charge is 0.227 e. The van der Waals surface area contributed by atoms with Crippen molar-refractivity contribution >= 4 is 76.4 Å². The predicted molar refractivity (Wildman–Crippen MR) is 227 cm³/mol. The lowest BCUT2D eigenvalue weighted by Crippen LogP contribution is -1.93. The van der Waals surface area contributed by atoms with Gasteiger partial charge < -0.3 is 13.4 Å². The van der Waals surface area contributed by atoms with Crippen LogP contribution >= 0.6 is 0 Å². The molecule has 55 heavy (non-hydrogen) atoms. The Bertz CT molecular complexity index is 3480. The fourth-order valence-electron chi connectivity index (χ4n) is 8.58. The molecule has 3 heterocycles. The van der Waals surface area contributed by atoms with Crippen LogP contribution in [0.1, 0.15) is 0 Å². The number of furan rings is 1. The lowest BCUT2D eigenvalue weighted by molar-refractivity contribution is 0.620. The summed E-state index contributed by atoms with van der Waals surface area (Å²) >= 11 is 0. The van der Waals surface area contributed by atoms with Gasteiger partial charge in [-0.15, -0.1) is 0 Å². The van der Waals surface area contributed by atoms with Crippen LogP contribution in [-0.4, -0.2) is 9.55 Å². The Hall–Kier alpha value is -7.43. The molecule has 0 amide bonds. The van der Waals surface area contributed by atoms with Gasteiger partial charge >= 0.3 is 0 Å². The highest BCUT2D eigenvalue weighted by Crippen LogP contribution is 2.43. The Labute approximate surface area is 315 Å². The largest absolute Gasteiger partial charge is 0.456 e. The van der Waals surface area contributed by atoms with Gasteiger partial charge in [-0.05, 0) is 87.4 Å². The van der Waals surface area contributed by atoms with Gasteiger partial charge in [0.2, 0.25) is 5.89 Å². The van der Waals surface area contributed by atoms with Crippen LogP contribution in [0, 0.1) is 0 Å². The number of benzene rings is 9. The van der Waals surface area contributed by atoms with Crippen molar-refractivity contribution in [1.82, 2.24) is 9.55 Å². The molecule has 12 rings (SSSR count). The van der Waals surface area contributed by atoms with Crippen molar-refractivity contribution < 1.29 is 8.83 Å². The molecule has 256 valence electrons. The van der Waals surface area contributed by atoms with Crippen LogP contribution in [0.15, 0.2) is 191 Å². The Morgan fingerprint density at radius 1 is 0.418 bits per heavy atom. The third-order valence-corrected chi connectivity index (χ3v) is 11.2. The van der Waals surface area contributed by atoms with E-state index in [0.29, 0.717) is 5.89 Å². The van der Waals surface area contributed by atoms with Crippen molar-refractivity contribution in [2.75, 3.05) is 0 Å². The van der Waals surface area contributed by atoms with Gasteiger partial charge in [-0.2, -0.15) is 0 Å². The van der Waals surface area contributed by atoms with Gasteiger partial charge in [-0.25, -0.2) is 4.98 Å². The van der Waals surface area contributed by atoms with E-state index in [4.69, 9.17) is 13.8 Å². The first-order valence-electron chi connectivity index (χ1n) is 18.6. The SMILES string of the molecule is c1ccc(-n2c3ccc(-c4ccc(-c5nc6c(o5)c(-c5ccc7ccccc7c5)cc5oc7ccccc7c56)cc4)cc3c3ccc4ccccc4c32)cc1. The summed E-state index contributed by atoms with van der Waals surface area (Å²) < 4.78 is 15.6. The molecule has 0 atom stereocenters. The van der Waals surface area contributed by atoms with Crippen molar-refractivity contribution in [3.63, 3.8) is 0 Å². The summed E-state index contributed by atoms with van der Waals surface area (Å²) in [5.41, 5.74) is 12.0. The quantitative estimate of drug-likeness (QED) is 0.183. The van der Waals surface area contributed by atoms with Gasteiger partial charge in [0.05, 0.1) is 16.4 Å². The van der Waals surface area contributed by atoms with Gasteiger partial charge in [0.25, 0.3) is 0 Å². The molecule has 4 nitrogen and oxygen atoms in total. The Kier molecular flexibility index (Phi) is 6.31. The van der Waals surface area contributed by atoms with Gasteiger partial charge in [0.15, 0.2) is 5.58 Å². The molecule has 0 aliphatic rings. The zero-order chi connectivity index (χ0) is 36.0. The van der Waals surface area contributed by atoms with Crippen molar-refractivity contribution in [3.05, 3.63) is 182 Å². The lowest BCUT2D eigenvalue weighted by Gasteiger charge is -2.10. The predicted octanol–water partition coefficient (Wildman–Crippen LogP) is 14.1. The molecule has 0 unspecified atom stereocenters. The van der Waals surface area contributed by atoms with Gasteiger partial charge in [-0.3, -0.25) is 0 Å². The monoisotopic (exact) mass is 702 g/mol. The second kappa shape index (κ2) is 11.5. The van der Waals surface area contributed by atoms with Crippen molar-refractivity contribution in [2.24, 2.45) is 0 Å². The van der Waals surface area contributed by atoms with Gasteiger partial charge in [0.1, 0.15) is 16.7 Å². The zero-order valence-corrected chi connectivity index (χ0v) is 29.5. The van der Waals surface area contributed by atoms with E-state index < -0.39 is 0 Å². The van der Waals surface area contributed by atoms with Gasteiger partial charge in [0, 0.05) is 38.4 Å². The molecule has 0 aliphatic heterocycles. The fraction of sp³-hybridized carbons (Fsp3) is 0. The normalized spacial score (nSPS) is 12.0. The van der Waals surface area contributed by atoms with E-state index in [2.05, 4.69) is 168 Å². The first kappa shape index (κ1) is 30.1. The first-order valence-corrected chi connectivity index (χ1v) is 18.6. The molecule has 4 heteroatoms. The molecule has 0 fully saturated rings. The number of nitrogens with zero attached hydrogens (tertiary/aromatic N) is 2. The standard InChI is InChI=1S/C51H30N2O2/c1-2-13-38(14-3-1)53-44-27-25-36(29-43(44)40-26-24-33-11-6-7-15-39(33)49(40)53)32-18-21-34(22-19-32)51-52-48-47-41-16-8-9-17-45(41)54-46(47)30-42(50(48)55-51)37-23-20-31-10-4-5-12-35(31)28-37/h1-30H. The van der Waals surface area contributed by atoms with Crippen molar-refractivity contribution in [1.29, 1.82) is 0 Å². The van der Waals surface area contributed by atoms with E-state index in [1.165, 1.54) is 43.4 Å². The number of hydrogen-bond acceptors (Lipinski definition) is 3. The number of hydrogen-bond donors (Lipinski definition) is 0. The van der Waals surface area contributed by atoms with E-state index in [9.17, 15) is 0 Å². The molecule has 9 aromatic carbocycles. The number of oxazole rings is 1. The van der Waals surface area contributed by atoms with E-state index in [1.54, 1.807) is 0 Å². The number of rotatable bonds is 4. The second-order valence-corrected chi connectivity index (χ2v) is 14.3. The molecule has 0 radical (unpaired) electrons. The first-order chi connectivity index (χ1) is 27.2. The highest BCUT2D eigenvalue weighted by atomic mass is 16.4. The number of aromatic nitrogens is 2. The molecule has 12 aromatic rings. The molecule has 0 aliphatic carbocycles. The van der Waals surface area contributed by atoms with Crippen LogP contribution in [0.3, 0.4) is 0 Å². The van der Waals surface area contributed by atoms with Crippen LogP contribution in [0.4, 0.5) is 0 Å². The van der Waals surface area contributed by atoms with Crippen LogP contribution < -0.4 is 0 Å². The summed E-state index contributed by atoms with van der Waals surface area (Å²) in [6.07, 6.45) is 0. The number of fused-ring (bicyclic) bond motifs is 11. The van der Waals surface area contributed by atoms with E-state index >= 15 is 0 Å². The Morgan fingerprint density at radius 3 is 1.98 bits per heavy atom. The molecule has 0 saturated carbocycles. The highest BCUT2D eigenvalue weighted by Gasteiger charge is 2.22. The average molecular weight is 703 g/mol. The van der Waals surface area contributed by atoms with E-state index in [1.807, 2.05) is 18.2 Å². The van der Waals surface area contributed by atoms with Crippen molar-refractivity contribution in [3.8, 4) is 39.4 Å². The molecule has 0 N–H and O–H groups in total. The molecule has 0 saturated heterocycles. The van der Waals surface area contributed by atoms with Crippen LogP contribution in [0.5, 0.6) is 0 Å². The van der Waals surface area contributed by atoms with Crippen LogP contribution in [0.25, 0.3) is 116 Å². The minimum atomic E-state index is 0.578. The highest BCUT2D eigenvalue weighted by molar-refractivity contribution is 6.21. The fourth-order valence-corrected chi connectivity index (χ4v) is 8.58. The maximum absolute atomic E-state index is 6.75. The third kappa shape index (κ3) is 4.55. The summed E-state index contributed by atoms with van der Waals surface area (Å²) in [5.74, 6) is 0.578.